The Morgan fingerprint density at radius 3 is 2.26 bits per heavy atom. The van der Waals surface area contributed by atoms with Crippen molar-refractivity contribution in [1.29, 1.82) is 0 Å². The molecule has 1 fully saturated rings. The van der Waals surface area contributed by atoms with Crippen molar-refractivity contribution in [3.63, 3.8) is 0 Å². The molecule has 1 amide bonds. The van der Waals surface area contributed by atoms with Crippen molar-refractivity contribution in [2.45, 2.75) is 72.0 Å². The average molecular weight is 591 g/mol. The summed E-state index contributed by atoms with van der Waals surface area (Å²) < 4.78 is 43.9. The smallest absolute Gasteiger partial charge is 0.433 e. The minimum absolute atomic E-state index is 0.0305. The Bertz CT molecular complexity index is 1230. The highest BCUT2D eigenvalue weighted by molar-refractivity contribution is 6.39. The highest BCUT2D eigenvalue weighted by atomic mass is 35.5. The van der Waals surface area contributed by atoms with Crippen LogP contribution in [0.1, 0.15) is 91.0 Å². The topological polar surface area (TPSA) is 105 Å². The normalized spacial score (nSPS) is 18.2. The zero-order chi connectivity index (χ0) is 29.3. The first-order chi connectivity index (χ1) is 18.0. The third-order valence-electron chi connectivity index (χ3n) is 6.54. The lowest BCUT2D eigenvalue weighted by Crippen LogP contribution is -2.42. The molecule has 0 aromatic carbocycles. The molecule has 1 aliphatic rings. The van der Waals surface area contributed by atoms with Crippen LogP contribution >= 0.6 is 23.2 Å². The Balaban J connectivity index is 1.95. The van der Waals surface area contributed by atoms with Gasteiger partial charge < -0.3 is 10.0 Å². The summed E-state index contributed by atoms with van der Waals surface area (Å²) in [4.78, 5) is 42.9. The van der Waals surface area contributed by atoms with E-state index < -0.39 is 53.1 Å². The summed E-state index contributed by atoms with van der Waals surface area (Å²) in [5.41, 5.74) is -2.05. The van der Waals surface area contributed by atoms with E-state index in [0.717, 1.165) is 15.8 Å². The summed E-state index contributed by atoms with van der Waals surface area (Å²) in [5.74, 6) is -2.72. The van der Waals surface area contributed by atoms with E-state index in [9.17, 15) is 27.6 Å². The molecular weight excluding hydrogens is 560 g/mol. The van der Waals surface area contributed by atoms with E-state index in [1.807, 2.05) is 0 Å². The summed E-state index contributed by atoms with van der Waals surface area (Å²) in [6.07, 6.45) is -2.56. The van der Waals surface area contributed by atoms with Crippen LogP contribution in [0.2, 0.25) is 10.2 Å². The number of alkyl halides is 3. The van der Waals surface area contributed by atoms with Gasteiger partial charge in [-0.1, -0.05) is 44.0 Å². The second-order valence-corrected chi connectivity index (χ2v) is 11.9. The van der Waals surface area contributed by atoms with Gasteiger partial charge in [0.05, 0.1) is 34.9 Å². The number of carboxylic acid groups (broad SMARTS) is 1. The number of amides is 1. The Morgan fingerprint density at radius 2 is 1.74 bits per heavy atom. The van der Waals surface area contributed by atoms with Gasteiger partial charge in [-0.25, -0.2) is 4.98 Å². The maximum Gasteiger partial charge on any atom is 0.433 e. The molecule has 2 aromatic heterocycles. The predicted octanol–water partition coefficient (Wildman–Crippen LogP) is 6.49. The number of aliphatic carboxylic acids is 1. The number of hydrogen-bond acceptors (Lipinski definition) is 5. The largest absolute Gasteiger partial charge is 0.481 e. The molecule has 1 aliphatic carbocycles. The molecule has 214 valence electrons. The van der Waals surface area contributed by atoms with E-state index in [1.54, 1.807) is 27.7 Å². The number of carbonyl (C=O) groups is 3. The summed E-state index contributed by atoms with van der Waals surface area (Å²) in [7, 11) is 0. The first kappa shape index (κ1) is 30.9. The van der Waals surface area contributed by atoms with Crippen molar-refractivity contribution in [3.05, 3.63) is 45.0 Å². The molecule has 1 N–H and O–H groups in total. The van der Waals surface area contributed by atoms with Gasteiger partial charge in [0.2, 0.25) is 0 Å². The Morgan fingerprint density at radius 1 is 1.13 bits per heavy atom. The first-order valence-corrected chi connectivity index (χ1v) is 13.2. The van der Waals surface area contributed by atoms with Crippen LogP contribution in [-0.2, 0) is 11.0 Å². The molecule has 3 rings (SSSR count). The van der Waals surface area contributed by atoms with E-state index in [0.29, 0.717) is 31.4 Å². The zero-order valence-corrected chi connectivity index (χ0v) is 23.6. The lowest BCUT2D eigenvalue weighted by Gasteiger charge is -2.31. The zero-order valence-electron chi connectivity index (χ0n) is 22.1. The molecule has 13 heteroatoms. The maximum absolute atomic E-state index is 14.4. The van der Waals surface area contributed by atoms with Crippen molar-refractivity contribution in [1.82, 2.24) is 19.7 Å². The van der Waals surface area contributed by atoms with Crippen molar-refractivity contribution in [3.8, 4) is 0 Å². The van der Waals surface area contributed by atoms with Crippen molar-refractivity contribution in [2.75, 3.05) is 13.1 Å². The molecule has 2 heterocycles. The number of rotatable bonds is 8. The summed E-state index contributed by atoms with van der Waals surface area (Å²) in [6, 6.07) is 0.801. The number of aryl methyl sites for hydroxylation is 1. The number of aromatic nitrogens is 3. The van der Waals surface area contributed by atoms with Gasteiger partial charge in [-0.3, -0.25) is 19.1 Å². The Labute approximate surface area is 234 Å². The second-order valence-electron chi connectivity index (χ2n) is 11.2. The molecule has 0 spiro atoms. The minimum Gasteiger partial charge on any atom is -0.481 e. The number of Topliss-reactive ketones (excluding diaryl/α,β-unsaturated/α-hetero) is 1. The number of halogens is 5. The van der Waals surface area contributed by atoms with Crippen molar-refractivity contribution >= 4 is 40.9 Å². The van der Waals surface area contributed by atoms with Gasteiger partial charge in [-0.05, 0) is 50.0 Å². The molecule has 8 nitrogen and oxygen atoms in total. The highest BCUT2D eigenvalue weighted by Gasteiger charge is 2.43. The van der Waals surface area contributed by atoms with Crippen LogP contribution in [0.3, 0.4) is 0 Å². The third-order valence-corrected chi connectivity index (χ3v) is 7.11. The van der Waals surface area contributed by atoms with Crippen LogP contribution in [0.15, 0.2) is 12.3 Å². The molecule has 39 heavy (non-hydrogen) atoms. The summed E-state index contributed by atoms with van der Waals surface area (Å²) >= 11 is 12.4. The third kappa shape index (κ3) is 7.72. The fraction of sp³-hybridized carbons (Fsp3) is 0.577. The van der Waals surface area contributed by atoms with Crippen LogP contribution < -0.4 is 0 Å². The van der Waals surface area contributed by atoms with E-state index in [-0.39, 0.29) is 34.6 Å². The fourth-order valence-electron chi connectivity index (χ4n) is 4.96. The van der Waals surface area contributed by atoms with E-state index >= 15 is 0 Å². The lowest BCUT2D eigenvalue weighted by molar-refractivity contribution is -0.145. The van der Waals surface area contributed by atoms with Crippen molar-refractivity contribution < 1.29 is 32.7 Å². The van der Waals surface area contributed by atoms with Gasteiger partial charge in [0.25, 0.3) is 5.91 Å². The molecule has 0 atom stereocenters. The van der Waals surface area contributed by atoms with Crippen LogP contribution in [0.25, 0.3) is 0 Å². The van der Waals surface area contributed by atoms with Crippen LogP contribution in [0.4, 0.5) is 13.2 Å². The standard InChI is InChI=1S/C26H31Cl2F3N4O4/c1-14-9-18(27)21(23(28)33-14)19(36)12-34(13-25(2,3)4)24(39)17-11-32-35(22(17)26(29,30)31)16-7-5-15(6-8-16)10-20(37)38/h9,11,15-16H,5-8,10,12-13H2,1-4H3,(H,37,38)/t15-,16-. The number of pyridine rings is 1. The summed E-state index contributed by atoms with van der Waals surface area (Å²) in [5, 5.41) is 12.9. The van der Waals surface area contributed by atoms with Gasteiger partial charge in [0, 0.05) is 18.7 Å². The van der Waals surface area contributed by atoms with Gasteiger partial charge in [-0.15, -0.1) is 0 Å². The number of ketones is 1. The van der Waals surface area contributed by atoms with Gasteiger partial charge >= 0.3 is 12.1 Å². The fourth-order valence-corrected chi connectivity index (χ4v) is 5.70. The highest BCUT2D eigenvalue weighted by Crippen LogP contribution is 2.40. The summed E-state index contributed by atoms with van der Waals surface area (Å²) in [6.45, 7) is 6.40. The van der Waals surface area contributed by atoms with Gasteiger partial charge in [-0.2, -0.15) is 18.3 Å². The molecule has 0 unspecified atom stereocenters. The maximum atomic E-state index is 14.4. The average Bonchev–Trinajstić information content (AvgIpc) is 3.22. The molecule has 0 saturated heterocycles. The molecule has 0 aliphatic heterocycles. The second kappa shape index (κ2) is 11.8. The number of carbonyl (C=O) groups excluding carboxylic acids is 2. The number of carboxylic acids is 1. The van der Waals surface area contributed by atoms with Gasteiger partial charge in [0.1, 0.15) is 5.15 Å². The number of nitrogens with zero attached hydrogens (tertiary/aromatic N) is 4. The van der Waals surface area contributed by atoms with Crippen LogP contribution in [-0.4, -0.2) is 55.5 Å². The molecule has 1 saturated carbocycles. The van der Waals surface area contributed by atoms with Crippen molar-refractivity contribution in [2.24, 2.45) is 11.3 Å². The lowest BCUT2D eigenvalue weighted by atomic mass is 9.84. The Hall–Kier alpha value is -2.66. The van der Waals surface area contributed by atoms with E-state index in [2.05, 4.69) is 10.1 Å². The Kier molecular flexibility index (Phi) is 9.37. The molecular formula is C26H31Cl2F3N4O4. The predicted molar refractivity (Wildman–Crippen MR) is 139 cm³/mol. The SMILES string of the molecule is Cc1cc(Cl)c(C(=O)CN(CC(C)(C)C)C(=O)c2cnn([C@H]3CC[C@H](CC(=O)O)CC3)c2C(F)(F)F)c(Cl)n1. The monoisotopic (exact) mass is 590 g/mol. The van der Waals surface area contributed by atoms with Crippen LogP contribution in [0, 0.1) is 18.3 Å². The van der Waals surface area contributed by atoms with E-state index in [4.69, 9.17) is 28.3 Å². The molecule has 2 aromatic rings. The quantitative estimate of drug-likeness (QED) is 0.278. The minimum atomic E-state index is -4.90. The molecule has 0 bridgehead atoms. The van der Waals surface area contributed by atoms with Gasteiger partial charge in [0.15, 0.2) is 11.5 Å². The first-order valence-electron chi connectivity index (χ1n) is 12.5. The van der Waals surface area contributed by atoms with E-state index in [1.165, 1.54) is 6.07 Å². The number of hydrogen-bond donors (Lipinski definition) is 1. The molecule has 0 radical (unpaired) electrons. The van der Waals surface area contributed by atoms with Crippen LogP contribution in [0.5, 0.6) is 0 Å².